The Hall–Kier alpha value is -3.20. The third-order valence-electron chi connectivity index (χ3n) is 3.42. The minimum Gasteiger partial charge on any atom is -0.482 e. The summed E-state index contributed by atoms with van der Waals surface area (Å²) in [7, 11) is 0. The van der Waals surface area contributed by atoms with Gasteiger partial charge in [0.2, 0.25) is 0 Å². The van der Waals surface area contributed by atoms with Crippen LogP contribution in [0.3, 0.4) is 0 Å². The predicted octanol–water partition coefficient (Wildman–Crippen LogP) is 4.39. The molecule has 0 unspecified atom stereocenters. The molecule has 1 amide bonds. The molecule has 2 aromatic heterocycles. The first kappa shape index (κ1) is 19.6. The van der Waals surface area contributed by atoms with E-state index in [1.54, 1.807) is 24.3 Å². The van der Waals surface area contributed by atoms with Crippen LogP contribution in [0.1, 0.15) is 10.5 Å². The van der Waals surface area contributed by atoms with Crippen LogP contribution < -0.4 is 10.1 Å². The van der Waals surface area contributed by atoms with Crippen LogP contribution in [0.4, 0.5) is 18.9 Å². The number of nitrogens with zero attached hydrogens (tertiary/aromatic N) is 3. The van der Waals surface area contributed by atoms with Gasteiger partial charge in [0.15, 0.2) is 6.61 Å². The summed E-state index contributed by atoms with van der Waals surface area (Å²) in [6, 6.07) is 8.78. The summed E-state index contributed by atoms with van der Waals surface area (Å²) in [5.74, 6) is -0.688. The van der Waals surface area contributed by atoms with Crippen molar-refractivity contribution in [2.45, 2.75) is 6.18 Å². The number of anilines is 1. The van der Waals surface area contributed by atoms with Crippen LogP contribution in [0.2, 0.25) is 5.02 Å². The van der Waals surface area contributed by atoms with Crippen molar-refractivity contribution < 1.29 is 22.7 Å². The first-order valence-corrected chi connectivity index (χ1v) is 8.22. The van der Waals surface area contributed by atoms with Gasteiger partial charge >= 0.3 is 6.18 Å². The number of nitrogens with one attached hydrogen (secondary N) is 1. The number of halogens is 4. The maximum absolute atomic E-state index is 12.5. The van der Waals surface area contributed by atoms with Gasteiger partial charge in [0.05, 0.1) is 18.1 Å². The lowest BCUT2D eigenvalue weighted by atomic mass is 10.1. The average Bonchev–Trinajstić information content (AvgIpc) is 2.67. The molecule has 0 fully saturated rings. The summed E-state index contributed by atoms with van der Waals surface area (Å²) in [5.41, 5.74) is 0.852. The minimum absolute atomic E-state index is 0.0202. The maximum Gasteiger partial charge on any atom is 0.422 e. The van der Waals surface area contributed by atoms with E-state index in [4.69, 9.17) is 16.3 Å². The van der Waals surface area contributed by atoms with E-state index in [1.807, 2.05) is 0 Å². The topological polar surface area (TPSA) is 77.0 Å². The first-order valence-electron chi connectivity index (χ1n) is 7.85. The molecular formula is C18H12ClF3N4O2. The molecule has 0 spiro atoms. The van der Waals surface area contributed by atoms with E-state index in [-0.39, 0.29) is 17.1 Å². The molecule has 10 heteroatoms. The molecule has 0 aliphatic carbocycles. The fourth-order valence-electron chi connectivity index (χ4n) is 2.22. The number of carbonyl (C=O) groups is 1. The summed E-state index contributed by atoms with van der Waals surface area (Å²) < 4.78 is 42.5. The van der Waals surface area contributed by atoms with Crippen molar-refractivity contribution in [1.29, 1.82) is 0 Å². The van der Waals surface area contributed by atoms with Crippen LogP contribution in [0, 0.1) is 0 Å². The standard InChI is InChI=1S/C18H12ClF3N4O2/c19-12-3-1-11(2-4-12)16-15(28-9-18(20,21)22)6-5-14(26-16)17(27)25-13-7-23-10-24-8-13/h1-8,10H,9H2,(H,25,27). The number of hydrogen-bond donors (Lipinski definition) is 1. The Kier molecular flexibility index (Phi) is 5.74. The van der Waals surface area contributed by atoms with E-state index in [0.29, 0.717) is 16.3 Å². The van der Waals surface area contributed by atoms with Crippen LogP contribution in [0.5, 0.6) is 5.75 Å². The summed E-state index contributed by atoms with van der Waals surface area (Å²) >= 11 is 5.86. The molecule has 0 bridgehead atoms. The molecule has 144 valence electrons. The van der Waals surface area contributed by atoms with Crippen molar-refractivity contribution in [1.82, 2.24) is 15.0 Å². The molecule has 0 aliphatic rings. The van der Waals surface area contributed by atoms with E-state index in [2.05, 4.69) is 20.3 Å². The highest BCUT2D eigenvalue weighted by atomic mass is 35.5. The predicted molar refractivity (Wildman–Crippen MR) is 96.2 cm³/mol. The fourth-order valence-corrected chi connectivity index (χ4v) is 2.35. The Morgan fingerprint density at radius 1 is 1.07 bits per heavy atom. The van der Waals surface area contributed by atoms with Gasteiger partial charge in [-0.2, -0.15) is 13.2 Å². The van der Waals surface area contributed by atoms with Crippen molar-refractivity contribution in [2.24, 2.45) is 0 Å². The van der Waals surface area contributed by atoms with Gasteiger partial charge in [0, 0.05) is 10.6 Å². The van der Waals surface area contributed by atoms with Crippen molar-refractivity contribution in [3.05, 3.63) is 65.8 Å². The second-order valence-corrected chi connectivity index (χ2v) is 5.97. The van der Waals surface area contributed by atoms with Crippen LogP contribution in [-0.2, 0) is 0 Å². The van der Waals surface area contributed by atoms with Gasteiger partial charge in [-0.25, -0.2) is 15.0 Å². The highest BCUT2D eigenvalue weighted by Crippen LogP contribution is 2.31. The van der Waals surface area contributed by atoms with Gasteiger partial charge in [-0.1, -0.05) is 23.7 Å². The monoisotopic (exact) mass is 408 g/mol. The number of carbonyl (C=O) groups excluding carboxylic acids is 1. The molecule has 6 nitrogen and oxygen atoms in total. The number of ether oxygens (including phenoxy) is 1. The van der Waals surface area contributed by atoms with Gasteiger partial charge in [0.1, 0.15) is 23.5 Å². The number of rotatable bonds is 5. The van der Waals surface area contributed by atoms with E-state index < -0.39 is 18.7 Å². The minimum atomic E-state index is -4.51. The molecule has 1 aromatic carbocycles. The van der Waals surface area contributed by atoms with Crippen molar-refractivity contribution in [2.75, 3.05) is 11.9 Å². The van der Waals surface area contributed by atoms with Crippen molar-refractivity contribution >= 4 is 23.2 Å². The lowest BCUT2D eigenvalue weighted by molar-refractivity contribution is -0.153. The van der Waals surface area contributed by atoms with E-state index >= 15 is 0 Å². The maximum atomic E-state index is 12.5. The number of aromatic nitrogens is 3. The van der Waals surface area contributed by atoms with E-state index in [1.165, 1.54) is 30.9 Å². The Morgan fingerprint density at radius 3 is 2.39 bits per heavy atom. The lowest BCUT2D eigenvalue weighted by Crippen LogP contribution is -2.20. The number of hydrogen-bond acceptors (Lipinski definition) is 5. The zero-order valence-corrected chi connectivity index (χ0v) is 14.8. The third-order valence-corrected chi connectivity index (χ3v) is 3.67. The summed E-state index contributed by atoms with van der Waals surface area (Å²) in [4.78, 5) is 24.2. The van der Waals surface area contributed by atoms with Crippen LogP contribution >= 0.6 is 11.6 Å². The molecule has 1 N–H and O–H groups in total. The summed E-state index contributed by atoms with van der Waals surface area (Å²) in [6.45, 7) is -1.48. The molecule has 0 atom stereocenters. The van der Waals surface area contributed by atoms with E-state index in [0.717, 1.165) is 0 Å². The normalized spacial score (nSPS) is 11.1. The Labute approximate surface area is 162 Å². The molecule has 2 heterocycles. The summed E-state index contributed by atoms with van der Waals surface area (Å²) in [6.07, 6.45) is -0.419. The molecule has 0 radical (unpaired) electrons. The zero-order chi connectivity index (χ0) is 20.1. The SMILES string of the molecule is O=C(Nc1cncnc1)c1ccc(OCC(F)(F)F)c(-c2ccc(Cl)cc2)n1. The molecule has 28 heavy (non-hydrogen) atoms. The second kappa shape index (κ2) is 8.22. The second-order valence-electron chi connectivity index (χ2n) is 5.54. The zero-order valence-electron chi connectivity index (χ0n) is 14.1. The molecule has 3 aromatic rings. The highest BCUT2D eigenvalue weighted by molar-refractivity contribution is 6.30. The Bertz CT molecular complexity index is 967. The molecular weight excluding hydrogens is 397 g/mol. The number of benzene rings is 1. The first-order chi connectivity index (χ1) is 13.3. The largest absolute Gasteiger partial charge is 0.482 e. The Morgan fingerprint density at radius 2 is 1.75 bits per heavy atom. The Balaban J connectivity index is 1.93. The van der Waals surface area contributed by atoms with Gasteiger partial charge in [-0.15, -0.1) is 0 Å². The lowest BCUT2D eigenvalue weighted by Gasteiger charge is -2.14. The van der Waals surface area contributed by atoms with Gasteiger partial charge in [-0.3, -0.25) is 4.79 Å². The molecule has 0 saturated carbocycles. The average molecular weight is 409 g/mol. The number of amides is 1. The number of pyridine rings is 1. The smallest absolute Gasteiger partial charge is 0.422 e. The molecule has 0 saturated heterocycles. The molecule has 0 aliphatic heterocycles. The van der Waals surface area contributed by atoms with Crippen LogP contribution in [-0.4, -0.2) is 33.6 Å². The fraction of sp³-hybridized carbons (Fsp3) is 0.111. The summed E-state index contributed by atoms with van der Waals surface area (Å²) in [5, 5.41) is 3.00. The quantitative estimate of drug-likeness (QED) is 0.677. The van der Waals surface area contributed by atoms with Crippen LogP contribution in [0.25, 0.3) is 11.3 Å². The third kappa shape index (κ3) is 5.17. The van der Waals surface area contributed by atoms with Gasteiger partial charge in [0.25, 0.3) is 5.91 Å². The van der Waals surface area contributed by atoms with Crippen molar-refractivity contribution in [3.8, 4) is 17.0 Å². The molecule has 3 rings (SSSR count). The number of alkyl halides is 3. The van der Waals surface area contributed by atoms with Gasteiger partial charge < -0.3 is 10.1 Å². The van der Waals surface area contributed by atoms with Crippen LogP contribution in [0.15, 0.2) is 55.1 Å². The highest BCUT2D eigenvalue weighted by Gasteiger charge is 2.29. The van der Waals surface area contributed by atoms with Crippen molar-refractivity contribution in [3.63, 3.8) is 0 Å². The van der Waals surface area contributed by atoms with Gasteiger partial charge in [-0.05, 0) is 24.3 Å². The van der Waals surface area contributed by atoms with E-state index in [9.17, 15) is 18.0 Å².